The van der Waals surface area contributed by atoms with Crippen LogP contribution in [0.5, 0.6) is 0 Å². The van der Waals surface area contributed by atoms with Gasteiger partial charge in [-0.15, -0.1) is 0 Å². The topological polar surface area (TPSA) is 69.0 Å². The molecule has 5 nitrogen and oxygen atoms in total. The van der Waals surface area contributed by atoms with Crippen LogP contribution in [-0.4, -0.2) is 28.4 Å². The molecule has 1 N–H and O–H groups in total. The van der Waals surface area contributed by atoms with Crippen molar-refractivity contribution in [2.24, 2.45) is 0 Å². The van der Waals surface area contributed by atoms with Crippen LogP contribution in [-0.2, 0) is 10.2 Å². The molecule has 1 amide bonds. The Bertz CT molecular complexity index is 1110. The molecule has 1 atom stereocenters. The smallest absolute Gasteiger partial charge is 0.252 e. The van der Waals surface area contributed by atoms with E-state index in [1.807, 2.05) is 44.3 Å². The summed E-state index contributed by atoms with van der Waals surface area (Å²) < 4.78 is 0. The molecule has 0 saturated carbocycles. The van der Waals surface area contributed by atoms with Gasteiger partial charge in [0.05, 0.1) is 16.6 Å². The van der Waals surface area contributed by atoms with Gasteiger partial charge in [-0.25, -0.2) is 4.98 Å². The van der Waals surface area contributed by atoms with E-state index in [9.17, 15) is 10.1 Å². The average molecular weight is 384 g/mol. The van der Waals surface area contributed by atoms with Gasteiger partial charge in [0.25, 0.3) is 5.91 Å². The first-order chi connectivity index (χ1) is 13.8. The highest BCUT2D eigenvalue weighted by Crippen LogP contribution is 2.51. The summed E-state index contributed by atoms with van der Waals surface area (Å²) in [6, 6.07) is 12.2. The number of nitrogens with zero attached hydrogens (tertiary/aromatic N) is 3. The van der Waals surface area contributed by atoms with Crippen molar-refractivity contribution in [2.45, 2.75) is 38.1 Å². The van der Waals surface area contributed by atoms with Crippen molar-refractivity contribution in [3.8, 4) is 6.07 Å². The molecule has 146 valence electrons. The highest BCUT2D eigenvalue weighted by molar-refractivity contribution is 6.01. The number of fused-ring (bicyclic) bond motifs is 1. The maximum absolute atomic E-state index is 13.6. The van der Waals surface area contributed by atoms with Crippen molar-refractivity contribution in [1.82, 2.24) is 9.88 Å². The lowest BCUT2D eigenvalue weighted by Crippen LogP contribution is -2.54. The molecule has 0 fully saturated rings. The Morgan fingerprint density at radius 1 is 1.28 bits per heavy atom. The van der Waals surface area contributed by atoms with E-state index in [0.29, 0.717) is 28.9 Å². The van der Waals surface area contributed by atoms with Crippen LogP contribution in [0.15, 0.2) is 54.4 Å². The van der Waals surface area contributed by atoms with E-state index in [1.54, 1.807) is 17.2 Å². The average Bonchev–Trinajstić information content (AvgIpc) is 2.71. The Labute approximate surface area is 171 Å². The molecule has 1 aromatic heterocycles. The van der Waals surface area contributed by atoms with Gasteiger partial charge in [-0.05, 0) is 26.3 Å². The van der Waals surface area contributed by atoms with Crippen molar-refractivity contribution in [3.05, 3.63) is 76.6 Å². The number of likely N-dealkylation sites (N-methyl/N-ethyl adjacent to an activating group) is 1. The minimum Gasteiger partial charge on any atom is -0.343 e. The number of carbonyl (C=O) groups is 1. The van der Waals surface area contributed by atoms with Gasteiger partial charge in [0.1, 0.15) is 11.9 Å². The van der Waals surface area contributed by atoms with E-state index in [4.69, 9.17) is 0 Å². The molecule has 2 aliphatic rings. The number of hydrogen-bond donors (Lipinski definition) is 1. The summed E-state index contributed by atoms with van der Waals surface area (Å²) in [5.74, 6) is 0.596. The normalized spacial score (nSPS) is 22.3. The van der Waals surface area contributed by atoms with Gasteiger partial charge in [0.2, 0.25) is 0 Å². The third kappa shape index (κ3) is 2.52. The maximum atomic E-state index is 13.6. The molecule has 29 heavy (non-hydrogen) atoms. The third-order valence-electron chi connectivity index (χ3n) is 6.40. The van der Waals surface area contributed by atoms with Crippen molar-refractivity contribution < 1.29 is 4.79 Å². The number of rotatable bonds is 2. The van der Waals surface area contributed by atoms with Crippen LogP contribution in [0.4, 0.5) is 5.82 Å². The van der Waals surface area contributed by atoms with Crippen LogP contribution in [0, 0.1) is 11.3 Å². The molecule has 3 heterocycles. The van der Waals surface area contributed by atoms with Crippen molar-refractivity contribution in [3.63, 3.8) is 0 Å². The van der Waals surface area contributed by atoms with Gasteiger partial charge in [-0.3, -0.25) is 4.79 Å². The molecule has 0 spiro atoms. The fraction of sp³-hybridized carbons (Fsp3) is 0.292. The number of anilines is 1. The fourth-order valence-corrected chi connectivity index (χ4v) is 4.54. The van der Waals surface area contributed by atoms with Crippen molar-refractivity contribution in [2.75, 3.05) is 12.4 Å². The quantitative estimate of drug-likeness (QED) is 0.842. The molecule has 0 bridgehead atoms. The summed E-state index contributed by atoms with van der Waals surface area (Å²) in [7, 11) is 1.84. The zero-order valence-electron chi connectivity index (χ0n) is 17.2. The molecule has 0 aliphatic carbocycles. The van der Waals surface area contributed by atoms with Crippen LogP contribution in [0.2, 0.25) is 0 Å². The Morgan fingerprint density at radius 2 is 1.97 bits per heavy atom. The highest BCUT2D eigenvalue weighted by atomic mass is 16.2. The van der Waals surface area contributed by atoms with Crippen molar-refractivity contribution >= 4 is 17.8 Å². The number of aromatic nitrogens is 1. The Hall–Kier alpha value is -3.39. The largest absolute Gasteiger partial charge is 0.343 e. The molecule has 0 saturated heterocycles. The summed E-state index contributed by atoms with van der Waals surface area (Å²) in [5.41, 5.74) is 3.26. The standard InChI is InChI=1S/C24H24N4O/c1-6-15-14-26-21-19(17(15)13-25)24(4,16-10-8-7-9-11-16)20-18(27-21)12-23(2,3)28(5)22(20)29/h6-11,14H,1,12H2,2-5H3,(H,26,27). The second kappa shape index (κ2) is 6.31. The Morgan fingerprint density at radius 3 is 2.59 bits per heavy atom. The van der Waals surface area contributed by atoms with E-state index in [1.165, 1.54) is 0 Å². The van der Waals surface area contributed by atoms with Gasteiger partial charge in [0.15, 0.2) is 0 Å². The summed E-state index contributed by atoms with van der Waals surface area (Å²) in [5, 5.41) is 13.4. The molecule has 5 heteroatoms. The van der Waals surface area contributed by atoms with E-state index < -0.39 is 5.41 Å². The lowest BCUT2D eigenvalue weighted by Gasteiger charge is -2.49. The number of amides is 1. The van der Waals surface area contributed by atoms with Gasteiger partial charge in [-0.1, -0.05) is 43.0 Å². The lowest BCUT2D eigenvalue weighted by atomic mass is 9.64. The summed E-state index contributed by atoms with van der Waals surface area (Å²) in [6.45, 7) is 9.97. The summed E-state index contributed by atoms with van der Waals surface area (Å²) in [6.07, 6.45) is 3.98. The monoisotopic (exact) mass is 384 g/mol. The van der Waals surface area contributed by atoms with Gasteiger partial charge < -0.3 is 10.2 Å². The second-order valence-electron chi connectivity index (χ2n) is 8.45. The third-order valence-corrected chi connectivity index (χ3v) is 6.40. The predicted octanol–water partition coefficient (Wildman–Crippen LogP) is 4.22. The zero-order chi connectivity index (χ0) is 21.0. The number of carbonyl (C=O) groups excluding carboxylic acids is 1. The molecular formula is C24H24N4O. The second-order valence-corrected chi connectivity index (χ2v) is 8.45. The first-order valence-electron chi connectivity index (χ1n) is 9.66. The van der Waals surface area contributed by atoms with Gasteiger partial charge in [-0.2, -0.15) is 5.26 Å². The van der Waals surface area contributed by atoms with E-state index in [2.05, 4.69) is 36.8 Å². The highest BCUT2D eigenvalue weighted by Gasteiger charge is 2.51. The fourth-order valence-electron chi connectivity index (χ4n) is 4.54. The SMILES string of the molecule is C=Cc1cnc2c(c1C#N)C(C)(c1ccccc1)C1=C(CC(C)(C)N(C)C1=O)N2. The first-order valence-corrected chi connectivity index (χ1v) is 9.66. The zero-order valence-corrected chi connectivity index (χ0v) is 17.2. The minimum absolute atomic E-state index is 0.0337. The van der Waals surface area contributed by atoms with Crippen LogP contribution < -0.4 is 5.32 Å². The summed E-state index contributed by atoms with van der Waals surface area (Å²) >= 11 is 0. The van der Waals surface area contributed by atoms with E-state index in [0.717, 1.165) is 16.8 Å². The molecule has 4 rings (SSSR count). The molecule has 2 aliphatic heterocycles. The number of hydrogen-bond acceptors (Lipinski definition) is 4. The molecule has 1 unspecified atom stereocenters. The first kappa shape index (κ1) is 18.9. The molecule has 2 aromatic rings. The van der Waals surface area contributed by atoms with Crippen molar-refractivity contribution in [1.29, 1.82) is 5.26 Å². The van der Waals surface area contributed by atoms with Crippen LogP contribution in [0.1, 0.15) is 49.4 Å². The maximum Gasteiger partial charge on any atom is 0.252 e. The minimum atomic E-state index is -0.809. The number of benzene rings is 1. The molecule has 1 aromatic carbocycles. The van der Waals surface area contributed by atoms with Crippen LogP contribution in [0.25, 0.3) is 6.08 Å². The van der Waals surface area contributed by atoms with E-state index in [-0.39, 0.29) is 11.4 Å². The van der Waals surface area contributed by atoms with Crippen LogP contribution in [0.3, 0.4) is 0 Å². The molecular weight excluding hydrogens is 360 g/mol. The Kier molecular flexibility index (Phi) is 4.13. The number of nitriles is 1. The number of nitrogens with one attached hydrogen (secondary N) is 1. The lowest BCUT2D eigenvalue weighted by molar-refractivity contribution is -0.132. The summed E-state index contributed by atoms with van der Waals surface area (Å²) in [4.78, 5) is 20.0. The predicted molar refractivity (Wildman–Crippen MR) is 114 cm³/mol. The van der Waals surface area contributed by atoms with Gasteiger partial charge in [0, 0.05) is 42.0 Å². The Balaban J connectivity index is 2.12. The van der Waals surface area contributed by atoms with Gasteiger partial charge >= 0.3 is 0 Å². The van der Waals surface area contributed by atoms with E-state index >= 15 is 0 Å². The molecule has 0 radical (unpaired) electrons. The van der Waals surface area contributed by atoms with Crippen LogP contribution >= 0.6 is 0 Å². The number of pyridine rings is 1.